The Morgan fingerprint density at radius 2 is 1.94 bits per heavy atom. The van der Waals surface area contributed by atoms with Crippen molar-refractivity contribution < 1.29 is 14.3 Å². The lowest BCUT2D eigenvalue weighted by atomic mass is 9.93. The summed E-state index contributed by atoms with van der Waals surface area (Å²) < 4.78 is 6.00. The molecule has 2 aliphatic rings. The summed E-state index contributed by atoms with van der Waals surface area (Å²) in [4.78, 5) is 29.7. The SMILES string of the molecule is N#Cc1ccc(OC2CCC(NC(=O)c3cnc(N4CCC(C=O)CC4)nn3)CC2)cc1Cl. The molecule has 1 saturated heterocycles. The van der Waals surface area contributed by atoms with Gasteiger partial charge in [-0.3, -0.25) is 4.79 Å². The number of piperidine rings is 1. The molecule has 1 amide bonds. The van der Waals surface area contributed by atoms with Gasteiger partial charge >= 0.3 is 0 Å². The van der Waals surface area contributed by atoms with Gasteiger partial charge in [0.25, 0.3) is 5.91 Å². The van der Waals surface area contributed by atoms with Crippen LogP contribution < -0.4 is 15.0 Å². The van der Waals surface area contributed by atoms with E-state index in [2.05, 4.69) is 20.5 Å². The van der Waals surface area contributed by atoms with Gasteiger partial charge in [0.1, 0.15) is 18.1 Å². The second-order valence-electron chi connectivity index (χ2n) is 8.42. The van der Waals surface area contributed by atoms with Crippen LogP contribution in [0.1, 0.15) is 54.6 Å². The van der Waals surface area contributed by atoms with Crippen LogP contribution in [0.2, 0.25) is 5.02 Å². The van der Waals surface area contributed by atoms with Gasteiger partial charge in [-0.05, 0) is 50.7 Å². The molecule has 172 valence electrons. The third-order valence-corrected chi connectivity index (χ3v) is 6.48. The summed E-state index contributed by atoms with van der Waals surface area (Å²) in [5.41, 5.74) is 0.607. The minimum Gasteiger partial charge on any atom is -0.490 e. The minimum atomic E-state index is -0.288. The number of rotatable bonds is 6. The molecule has 2 heterocycles. The molecular weight excluding hydrogens is 444 g/mol. The number of amides is 1. The highest BCUT2D eigenvalue weighted by molar-refractivity contribution is 6.31. The van der Waals surface area contributed by atoms with E-state index >= 15 is 0 Å². The maximum absolute atomic E-state index is 12.6. The number of aldehydes is 1. The fraction of sp³-hybridized carbons (Fsp3) is 0.478. The number of nitrogens with one attached hydrogen (secondary N) is 1. The highest BCUT2D eigenvalue weighted by Gasteiger charge is 2.25. The van der Waals surface area contributed by atoms with Gasteiger partial charge in [-0.1, -0.05) is 11.6 Å². The van der Waals surface area contributed by atoms with E-state index in [-0.39, 0.29) is 29.7 Å². The first-order chi connectivity index (χ1) is 16.1. The van der Waals surface area contributed by atoms with Gasteiger partial charge in [0, 0.05) is 31.1 Å². The first-order valence-electron chi connectivity index (χ1n) is 11.1. The number of hydrogen-bond donors (Lipinski definition) is 1. The van der Waals surface area contributed by atoms with Gasteiger partial charge in [0.2, 0.25) is 5.95 Å². The fourth-order valence-corrected chi connectivity index (χ4v) is 4.40. The molecule has 0 radical (unpaired) electrons. The molecule has 0 spiro atoms. The van der Waals surface area contributed by atoms with E-state index in [1.54, 1.807) is 18.2 Å². The molecule has 10 heteroatoms. The number of nitriles is 1. The molecular formula is C23H25ClN6O3. The number of hydrogen-bond acceptors (Lipinski definition) is 8. The van der Waals surface area contributed by atoms with Crippen molar-refractivity contribution in [3.8, 4) is 11.8 Å². The number of benzene rings is 1. The Bertz CT molecular complexity index is 1030. The number of aromatic nitrogens is 3. The Morgan fingerprint density at radius 1 is 1.18 bits per heavy atom. The smallest absolute Gasteiger partial charge is 0.273 e. The standard InChI is InChI=1S/C23H25ClN6O3/c24-20-11-19(4-1-16(20)12-25)33-18-5-2-17(3-6-18)27-22(32)21-13-26-23(29-28-21)30-9-7-15(14-31)8-10-30/h1,4,11,13-15,17-18H,2-3,5-10H2,(H,27,32). The van der Waals surface area contributed by atoms with Crippen LogP contribution in [-0.2, 0) is 4.79 Å². The van der Waals surface area contributed by atoms with Crippen molar-refractivity contribution in [2.75, 3.05) is 18.0 Å². The van der Waals surface area contributed by atoms with Crippen molar-refractivity contribution in [3.05, 3.63) is 40.7 Å². The summed E-state index contributed by atoms with van der Waals surface area (Å²) in [6.07, 6.45) is 7.20. The molecule has 0 atom stereocenters. The van der Waals surface area contributed by atoms with Crippen LogP contribution >= 0.6 is 11.6 Å². The molecule has 1 aliphatic heterocycles. The fourth-order valence-electron chi connectivity index (χ4n) is 4.19. The van der Waals surface area contributed by atoms with Gasteiger partial charge in [-0.2, -0.15) is 5.26 Å². The van der Waals surface area contributed by atoms with Gasteiger partial charge in [0.15, 0.2) is 5.69 Å². The van der Waals surface area contributed by atoms with Gasteiger partial charge in [-0.15, -0.1) is 10.2 Å². The van der Waals surface area contributed by atoms with Crippen LogP contribution in [0.3, 0.4) is 0 Å². The summed E-state index contributed by atoms with van der Waals surface area (Å²) in [6, 6.07) is 7.12. The predicted octanol–water partition coefficient (Wildman–Crippen LogP) is 2.93. The highest BCUT2D eigenvalue weighted by Crippen LogP contribution is 2.27. The zero-order valence-electron chi connectivity index (χ0n) is 18.1. The normalized spacial score (nSPS) is 21.2. The van der Waals surface area contributed by atoms with Crippen LogP contribution in [0.25, 0.3) is 0 Å². The third-order valence-electron chi connectivity index (χ3n) is 6.17. The van der Waals surface area contributed by atoms with E-state index in [9.17, 15) is 9.59 Å². The maximum Gasteiger partial charge on any atom is 0.273 e. The quantitative estimate of drug-likeness (QED) is 0.642. The Hall–Kier alpha value is -3.25. The molecule has 33 heavy (non-hydrogen) atoms. The lowest BCUT2D eigenvalue weighted by Crippen LogP contribution is -2.40. The average molecular weight is 469 g/mol. The van der Waals surface area contributed by atoms with Crippen molar-refractivity contribution in [1.29, 1.82) is 5.26 Å². The zero-order valence-corrected chi connectivity index (χ0v) is 18.9. The number of carbonyl (C=O) groups excluding carboxylic acids is 2. The van der Waals surface area contributed by atoms with Gasteiger partial charge < -0.3 is 19.7 Å². The number of carbonyl (C=O) groups is 2. The van der Waals surface area contributed by atoms with E-state index in [1.165, 1.54) is 6.20 Å². The lowest BCUT2D eigenvalue weighted by molar-refractivity contribution is -0.111. The Kier molecular flexibility index (Phi) is 7.35. The van der Waals surface area contributed by atoms with E-state index < -0.39 is 0 Å². The summed E-state index contributed by atoms with van der Waals surface area (Å²) >= 11 is 6.07. The predicted molar refractivity (Wildman–Crippen MR) is 121 cm³/mol. The van der Waals surface area contributed by atoms with Crippen molar-refractivity contribution in [3.63, 3.8) is 0 Å². The number of nitrogens with zero attached hydrogens (tertiary/aromatic N) is 5. The van der Waals surface area contributed by atoms with Crippen LogP contribution in [0.5, 0.6) is 5.75 Å². The first kappa shape index (κ1) is 22.9. The van der Waals surface area contributed by atoms with Crippen LogP contribution in [-0.4, -0.2) is 52.6 Å². The van der Waals surface area contributed by atoms with Gasteiger partial charge in [0.05, 0.1) is 22.9 Å². The molecule has 9 nitrogen and oxygen atoms in total. The van der Waals surface area contributed by atoms with Crippen molar-refractivity contribution >= 4 is 29.7 Å². The Morgan fingerprint density at radius 3 is 2.55 bits per heavy atom. The average Bonchev–Trinajstić information content (AvgIpc) is 2.85. The first-order valence-corrected chi connectivity index (χ1v) is 11.5. The van der Waals surface area contributed by atoms with E-state index in [0.29, 0.717) is 35.4 Å². The third kappa shape index (κ3) is 5.76. The molecule has 1 aromatic heterocycles. The molecule has 1 aromatic carbocycles. The molecule has 0 unspecified atom stereocenters. The molecule has 1 saturated carbocycles. The second-order valence-corrected chi connectivity index (χ2v) is 8.83. The summed E-state index contributed by atoms with van der Waals surface area (Å²) in [5.74, 6) is 0.936. The Labute approximate surface area is 197 Å². The molecule has 4 rings (SSSR count). The largest absolute Gasteiger partial charge is 0.490 e. The molecule has 1 aliphatic carbocycles. The van der Waals surface area contributed by atoms with E-state index in [4.69, 9.17) is 21.6 Å². The monoisotopic (exact) mass is 468 g/mol. The minimum absolute atomic E-state index is 0.0331. The summed E-state index contributed by atoms with van der Waals surface area (Å²) in [6.45, 7) is 1.41. The number of anilines is 1. The van der Waals surface area contributed by atoms with Crippen molar-refractivity contribution in [2.24, 2.45) is 5.92 Å². The number of ether oxygens (including phenoxy) is 1. The highest BCUT2D eigenvalue weighted by atomic mass is 35.5. The molecule has 2 fully saturated rings. The van der Waals surface area contributed by atoms with Crippen LogP contribution in [0, 0.1) is 17.2 Å². The maximum atomic E-state index is 12.6. The molecule has 2 aromatic rings. The van der Waals surface area contributed by atoms with Crippen molar-refractivity contribution in [1.82, 2.24) is 20.5 Å². The van der Waals surface area contributed by atoms with Crippen LogP contribution in [0.15, 0.2) is 24.4 Å². The molecule has 0 bridgehead atoms. The topological polar surface area (TPSA) is 121 Å². The summed E-state index contributed by atoms with van der Waals surface area (Å²) in [5, 5.41) is 20.5. The lowest BCUT2D eigenvalue weighted by Gasteiger charge is -2.30. The number of halogens is 1. The second kappa shape index (κ2) is 10.6. The van der Waals surface area contributed by atoms with Gasteiger partial charge in [-0.25, -0.2) is 4.98 Å². The Balaban J connectivity index is 1.24. The van der Waals surface area contributed by atoms with Crippen LogP contribution in [0.4, 0.5) is 5.95 Å². The summed E-state index contributed by atoms with van der Waals surface area (Å²) in [7, 11) is 0. The van der Waals surface area contributed by atoms with Crippen molar-refractivity contribution in [2.45, 2.75) is 50.7 Å². The zero-order chi connectivity index (χ0) is 23.2. The van der Waals surface area contributed by atoms with E-state index in [0.717, 1.165) is 44.8 Å². The molecule has 1 N–H and O–H groups in total. The van der Waals surface area contributed by atoms with E-state index in [1.807, 2.05) is 11.0 Å².